The molecule has 0 aromatic carbocycles. The highest BCUT2D eigenvalue weighted by atomic mass is 15.2. The number of hydrogen-bond acceptors (Lipinski definition) is 2. The Morgan fingerprint density at radius 3 is 1.55 bits per heavy atom. The summed E-state index contributed by atoms with van der Waals surface area (Å²) in [5, 5.41) is 0. The Hall–Kier alpha value is -0.0800. The molecule has 2 heteroatoms. The molecule has 0 aliphatic heterocycles. The number of nitrogens with two attached hydrogens (primary N) is 1. The van der Waals surface area contributed by atoms with Gasteiger partial charge < -0.3 is 5.73 Å². The molecule has 0 fully saturated rings. The third-order valence-electron chi connectivity index (χ3n) is 4.30. The first-order valence-electron chi connectivity index (χ1n) is 8.77. The van der Waals surface area contributed by atoms with Gasteiger partial charge in [-0.2, -0.15) is 0 Å². The second-order valence-electron chi connectivity index (χ2n) is 7.70. The Labute approximate surface area is 128 Å². The van der Waals surface area contributed by atoms with Crippen molar-refractivity contribution in [3.8, 4) is 0 Å². The van der Waals surface area contributed by atoms with Gasteiger partial charge >= 0.3 is 0 Å². The zero-order chi connectivity index (χ0) is 15.6. The summed E-state index contributed by atoms with van der Waals surface area (Å²) in [5.74, 6) is 0. The van der Waals surface area contributed by atoms with E-state index in [9.17, 15) is 0 Å². The third kappa shape index (κ3) is 9.77. The first-order chi connectivity index (χ1) is 9.23. The van der Waals surface area contributed by atoms with Gasteiger partial charge in [-0.05, 0) is 66.5 Å². The fourth-order valence-corrected chi connectivity index (χ4v) is 2.61. The molecule has 0 saturated carbocycles. The van der Waals surface area contributed by atoms with Gasteiger partial charge in [0.25, 0.3) is 0 Å². The van der Waals surface area contributed by atoms with Gasteiger partial charge in [0.1, 0.15) is 0 Å². The van der Waals surface area contributed by atoms with Crippen LogP contribution in [0.3, 0.4) is 0 Å². The molecule has 0 atom stereocenters. The van der Waals surface area contributed by atoms with E-state index in [4.69, 9.17) is 5.73 Å². The van der Waals surface area contributed by atoms with E-state index in [1.54, 1.807) is 0 Å². The van der Waals surface area contributed by atoms with Gasteiger partial charge in [-0.3, -0.25) is 4.90 Å². The van der Waals surface area contributed by atoms with Crippen molar-refractivity contribution < 1.29 is 0 Å². The zero-order valence-electron chi connectivity index (χ0n) is 15.1. The maximum atomic E-state index is 6.17. The minimum atomic E-state index is -0.0459. The second kappa shape index (κ2) is 9.78. The molecule has 0 heterocycles. The van der Waals surface area contributed by atoms with Crippen LogP contribution in [0.4, 0.5) is 0 Å². The first kappa shape index (κ1) is 19.9. The van der Waals surface area contributed by atoms with Crippen LogP contribution in [0.15, 0.2) is 0 Å². The lowest BCUT2D eigenvalue weighted by molar-refractivity contribution is 0.0981. The number of rotatable bonds is 12. The van der Waals surface area contributed by atoms with Crippen LogP contribution in [-0.4, -0.2) is 29.1 Å². The normalized spacial score (nSPS) is 13.2. The highest BCUT2D eigenvalue weighted by molar-refractivity contribution is 4.85. The molecule has 20 heavy (non-hydrogen) atoms. The molecule has 0 aromatic rings. The first-order valence-corrected chi connectivity index (χ1v) is 8.77. The van der Waals surface area contributed by atoms with Crippen LogP contribution in [0.25, 0.3) is 0 Å². The Kier molecular flexibility index (Phi) is 9.74. The number of hydrogen-bond donors (Lipinski definition) is 1. The molecular weight excluding hydrogens is 244 g/mol. The Bertz CT molecular complexity index is 218. The van der Waals surface area contributed by atoms with E-state index in [1.165, 1.54) is 58.0 Å². The fraction of sp³-hybridized carbons (Fsp3) is 1.00. The second-order valence-corrected chi connectivity index (χ2v) is 7.70. The largest absolute Gasteiger partial charge is 0.326 e. The van der Waals surface area contributed by atoms with Crippen LogP contribution in [0.1, 0.15) is 92.9 Å². The van der Waals surface area contributed by atoms with Crippen molar-refractivity contribution in [2.45, 2.75) is 104 Å². The molecule has 0 unspecified atom stereocenters. The molecule has 0 radical (unpaired) electrons. The predicted molar refractivity (Wildman–Crippen MR) is 92.2 cm³/mol. The molecule has 0 spiro atoms. The fourth-order valence-electron chi connectivity index (χ4n) is 2.61. The van der Waals surface area contributed by atoms with Crippen molar-refractivity contribution in [3.05, 3.63) is 0 Å². The van der Waals surface area contributed by atoms with Crippen LogP contribution in [0.2, 0.25) is 0 Å². The van der Waals surface area contributed by atoms with Crippen LogP contribution < -0.4 is 5.73 Å². The number of unbranched alkanes of at least 4 members (excludes halogenated alkanes) is 4. The molecular formula is C18H40N2. The molecule has 0 aromatic heterocycles. The van der Waals surface area contributed by atoms with Gasteiger partial charge in [0, 0.05) is 11.1 Å². The third-order valence-corrected chi connectivity index (χ3v) is 4.30. The van der Waals surface area contributed by atoms with Crippen molar-refractivity contribution in [3.63, 3.8) is 0 Å². The lowest BCUT2D eigenvalue weighted by Gasteiger charge is -2.40. The molecule has 0 aliphatic carbocycles. The summed E-state index contributed by atoms with van der Waals surface area (Å²) in [7, 11) is 0. The smallest absolute Gasteiger partial charge is 0.0153 e. The van der Waals surface area contributed by atoms with E-state index in [1.807, 2.05) is 0 Å². The SMILES string of the molecule is CCCCCN(CCCCC)C(C)(C)CCC(C)(C)N. The highest BCUT2D eigenvalue weighted by Crippen LogP contribution is 2.25. The quantitative estimate of drug-likeness (QED) is 0.513. The van der Waals surface area contributed by atoms with E-state index in [0.717, 1.165) is 6.42 Å². The average molecular weight is 285 g/mol. The molecule has 0 aliphatic rings. The van der Waals surface area contributed by atoms with Gasteiger partial charge in [0.2, 0.25) is 0 Å². The monoisotopic (exact) mass is 284 g/mol. The average Bonchev–Trinajstić information content (AvgIpc) is 2.34. The molecule has 0 bridgehead atoms. The van der Waals surface area contributed by atoms with Crippen molar-refractivity contribution in [1.29, 1.82) is 0 Å². The zero-order valence-corrected chi connectivity index (χ0v) is 15.1. The van der Waals surface area contributed by atoms with Gasteiger partial charge in [0.05, 0.1) is 0 Å². The van der Waals surface area contributed by atoms with Crippen molar-refractivity contribution in [2.75, 3.05) is 13.1 Å². The summed E-state index contributed by atoms with van der Waals surface area (Å²) in [6.45, 7) is 16.1. The molecule has 2 N–H and O–H groups in total. The maximum absolute atomic E-state index is 6.17. The summed E-state index contributed by atoms with van der Waals surface area (Å²) in [5.41, 5.74) is 6.40. The maximum Gasteiger partial charge on any atom is 0.0153 e. The molecule has 0 saturated heterocycles. The molecule has 2 nitrogen and oxygen atoms in total. The lowest BCUT2D eigenvalue weighted by Crippen LogP contribution is -2.47. The standard InChI is InChI=1S/C18H40N2/c1-7-9-11-15-20(16-12-10-8-2)18(5,6)14-13-17(3,4)19/h7-16,19H2,1-6H3. The Balaban J connectivity index is 4.44. The van der Waals surface area contributed by atoms with Gasteiger partial charge in [-0.25, -0.2) is 0 Å². The lowest BCUT2D eigenvalue weighted by atomic mass is 9.88. The topological polar surface area (TPSA) is 29.3 Å². The molecule has 0 rings (SSSR count). The Morgan fingerprint density at radius 2 is 1.20 bits per heavy atom. The highest BCUT2D eigenvalue weighted by Gasteiger charge is 2.27. The minimum absolute atomic E-state index is 0.0459. The summed E-state index contributed by atoms with van der Waals surface area (Å²) < 4.78 is 0. The van der Waals surface area contributed by atoms with E-state index >= 15 is 0 Å². The summed E-state index contributed by atoms with van der Waals surface area (Å²) in [6.07, 6.45) is 10.3. The van der Waals surface area contributed by atoms with Crippen LogP contribution in [0, 0.1) is 0 Å². The van der Waals surface area contributed by atoms with Crippen LogP contribution in [-0.2, 0) is 0 Å². The van der Waals surface area contributed by atoms with Gasteiger partial charge in [-0.15, -0.1) is 0 Å². The summed E-state index contributed by atoms with van der Waals surface area (Å²) in [6, 6.07) is 0. The summed E-state index contributed by atoms with van der Waals surface area (Å²) >= 11 is 0. The molecule has 0 amide bonds. The minimum Gasteiger partial charge on any atom is -0.326 e. The Morgan fingerprint density at radius 1 is 0.750 bits per heavy atom. The number of nitrogens with zero attached hydrogens (tertiary/aromatic N) is 1. The van der Waals surface area contributed by atoms with Crippen molar-refractivity contribution in [2.24, 2.45) is 5.73 Å². The van der Waals surface area contributed by atoms with Crippen molar-refractivity contribution >= 4 is 0 Å². The van der Waals surface area contributed by atoms with Crippen molar-refractivity contribution in [1.82, 2.24) is 4.90 Å². The van der Waals surface area contributed by atoms with E-state index in [0.29, 0.717) is 0 Å². The van der Waals surface area contributed by atoms with Crippen LogP contribution >= 0.6 is 0 Å². The predicted octanol–water partition coefficient (Wildman–Crippen LogP) is 4.96. The van der Waals surface area contributed by atoms with E-state index in [2.05, 4.69) is 46.4 Å². The van der Waals surface area contributed by atoms with Gasteiger partial charge in [-0.1, -0.05) is 39.5 Å². The van der Waals surface area contributed by atoms with Gasteiger partial charge in [0.15, 0.2) is 0 Å². The van der Waals surface area contributed by atoms with Crippen LogP contribution in [0.5, 0.6) is 0 Å². The van der Waals surface area contributed by atoms with E-state index < -0.39 is 0 Å². The summed E-state index contributed by atoms with van der Waals surface area (Å²) in [4.78, 5) is 2.71. The molecule has 122 valence electrons. The van der Waals surface area contributed by atoms with E-state index in [-0.39, 0.29) is 11.1 Å².